The highest BCUT2D eigenvalue weighted by molar-refractivity contribution is 7.11. The third kappa shape index (κ3) is 5.71. The van der Waals surface area contributed by atoms with Crippen molar-refractivity contribution in [2.24, 2.45) is 10.9 Å². The average molecular weight is 400 g/mol. The van der Waals surface area contributed by atoms with Gasteiger partial charge in [-0.25, -0.2) is 4.98 Å². The minimum absolute atomic E-state index is 0.770. The Balaban J connectivity index is 1.43. The number of piperidine rings is 1. The zero-order valence-corrected chi connectivity index (χ0v) is 18.4. The first kappa shape index (κ1) is 20.6. The monoisotopic (exact) mass is 399 g/mol. The Bertz CT molecular complexity index is 753. The SMILES string of the molecule is CN=C(NCCc1nc(C)c(C)s1)NCc1ccc(N2CCC(C)CC2)cc1. The maximum atomic E-state index is 4.59. The maximum Gasteiger partial charge on any atom is 0.191 e. The highest BCUT2D eigenvalue weighted by Crippen LogP contribution is 2.23. The molecule has 152 valence electrons. The molecule has 3 rings (SSSR count). The number of anilines is 1. The molecule has 2 N–H and O–H groups in total. The van der Waals surface area contributed by atoms with Gasteiger partial charge < -0.3 is 15.5 Å². The molecule has 0 saturated carbocycles. The van der Waals surface area contributed by atoms with Gasteiger partial charge in [-0.3, -0.25) is 4.99 Å². The summed E-state index contributed by atoms with van der Waals surface area (Å²) in [6.07, 6.45) is 3.51. The number of hydrogen-bond donors (Lipinski definition) is 2. The van der Waals surface area contributed by atoms with Gasteiger partial charge in [0.1, 0.15) is 0 Å². The van der Waals surface area contributed by atoms with Crippen molar-refractivity contribution in [1.82, 2.24) is 15.6 Å². The lowest BCUT2D eigenvalue weighted by Crippen LogP contribution is -2.37. The van der Waals surface area contributed by atoms with Crippen molar-refractivity contribution in [2.75, 3.05) is 31.6 Å². The first-order valence-electron chi connectivity index (χ1n) is 10.3. The Morgan fingerprint density at radius 2 is 1.89 bits per heavy atom. The number of aromatic nitrogens is 1. The predicted molar refractivity (Wildman–Crippen MR) is 121 cm³/mol. The van der Waals surface area contributed by atoms with Gasteiger partial charge in [-0.15, -0.1) is 11.3 Å². The van der Waals surface area contributed by atoms with Crippen LogP contribution in [0.15, 0.2) is 29.3 Å². The van der Waals surface area contributed by atoms with Gasteiger partial charge in [-0.05, 0) is 50.3 Å². The van der Waals surface area contributed by atoms with Crippen LogP contribution in [0, 0.1) is 19.8 Å². The Kier molecular flexibility index (Phi) is 7.31. The van der Waals surface area contributed by atoms with Crippen molar-refractivity contribution in [3.63, 3.8) is 0 Å². The lowest BCUT2D eigenvalue weighted by atomic mass is 9.99. The van der Waals surface area contributed by atoms with Crippen molar-refractivity contribution >= 4 is 23.0 Å². The molecule has 5 nitrogen and oxygen atoms in total. The topological polar surface area (TPSA) is 52.6 Å². The minimum Gasteiger partial charge on any atom is -0.372 e. The Morgan fingerprint density at radius 1 is 1.18 bits per heavy atom. The Morgan fingerprint density at radius 3 is 2.50 bits per heavy atom. The summed E-state index contributed by atoms with van der Waals surface area (Å²) in [5.74, 6) is 1.70. The number of guanidine groups is 1. The van der Waals surface area contributed by atoms with E-state index in [1.807, 2.05) is 7.05 Å². The van der Waals surface area contributed by atoms with E-state index in [-0.39, 0.29) is 0 Å². The van der Waals surface area contributed by atoms with E-state index in [4.69, 9.17) is 0 Å². The normalized spacial score (nSPS) is 15.7. The number of aryl methyl sites for hydroxylation is 2. The number of benzene rings is 1. The lowest BCUT2D eigenvalue weighted by Gasteiger charge is -2.32. The van der Waals surface area contributed by atoms with Crippen molar-refractivity contribution in [3.8, 4) is 0 Å². The van der Waals surface area contributed by atoms with Crippen molar-refractivity contribution in [2.45, 2.75) is 46.6 Å². The highest BCUT2D eigenvalue weighted by atomic mass is 32.1. The van der Waals surface area contributed by atoms with Gasteiger partial charge in [-0.2, -0.15) is 0 Å². The zero-order valence-electron chi connectivity index (χ0n) is 17.6. The average Bonchev–Trinajstić information content (AvgIpc) is 3.03. The molecular weight excluding hydrogens is 366 g/mol. The molecule has 1 aromatic heterocycles. The van der Waals surface area contributed by atoms with E-state index < -0.39 is 0 Å². The number of thiazole rings is 1. The van der Waals surface area contributed by atoms with Gasteiger partial charge >= 0.3 is 0 Å². The number of rotatable bonds is 6. The maximum absolute atomic E-state index is 4.59. The molecule has 0 aliphatic carbocycles. The fraction of sp³-hybridized carbons (Fsp3) is 0.545. The molecule has 28 heavy (non-hydrogen) atoms. The molecule has 0 unspecified atom stereocenters. The smallest absolute Gasteiger partial charge is 0.191 e. The van der Waals surface area contributed by atoms with Crippen LogP contribution in [0.1, 0.15) is 40.9 Å². The van der Waals surface area contributed by atoms with Crippen LogP contribution < -0.4 is 15.5 Å². The van der Waals surface area contributed by atoms with E-state index >= 15 is 0 Å². The zero-order chi connectivity index (χ0) is 19.9. The molecule has 0 atom stereocenters. The quantitative estimate of drug-likeness (QED) is 0.571. The molecule has 2 heterocycles. The van der Waals surface area contributed by atoms with Crippen molar-refractivity contribution < 1.29 is 0 Å². The van der Waals surface area contributed by atoms with E-state index in [1.54, 1.807) is 11.3 Å². The largest absolute Gasteiger partial charge is 0.372 e. The van der Waals surface area contributed by atoms with Gasteiger partial charge in [0.05, 0.1) is 10.7 Å². The van der Waals surface area contributed by atoms with Crippen molar-refractivity contribution in [3.05, 3.63) is 45.4 Å². The second kappa shape index (κ2) is 9.92. The number of aliphatic imine (C=N–C) groups is 1. The van der Waals surface area contributed by atoms with Crippen LogP contribution >= 0.6 is 11.3 Å². The molecule has 1 saturated heterocycles. The summed E-state index contributed by atoms with van der Waals surface area (Å²) in [5.41, 5.74) is 3.75. The third-order valence-corrected chi connectivity index (χ3v) is 6.61. The summed E-state index contributed by atoms with van der Waals surface area (Å²) >= 11 is 1.78. The predicted octanol–water partition coefficient (Wildman–Crippen LogP) is 3.90. The van der Waals surface area contributed by atoms with E-state index in [2.05, 4.69) is 70.5 Å². The van der Waals surface area contributed by atoms with Crippen LogP contribution in [0.4, 0.5) is 5.69 Å². The summed E-state index contributed by atoms with van der Waals surface area (Å²) in [6, 6.07) is 8.93. The first-order valence-corrected chi connectivity index (χ1v) is 11.1. The van der Waals surface area contributed by atoms with Gasteiger partial charge in [0.25, 0.3) is 0 Å². The fourth-order valence-electron chi connectivity index (χ4n) is 3.43. The molecule has 0 radical (unpaired) electrons. The Hall–Kier alpha value is -2.08. The minimum atomic E-state index is 0.770. The summed E-state index contributed by atoms with van der Waals surface area (Å²) in [4.78, 5) is 12.7. The van der Waals surface area contributed by atoms with Gasteiger partial charge in [0.2, 0.25) is 0 Å². The summed E-state index contributed by atoms with van der Waals surface area (Å²) < 4.78 is 0. The molecule has 0 spiro atoms. The molecule has 1 aliphatic heterocycles. The number of hydrogen-bond acceptors (Lipinski definition) is 4. The number of nitrogens with one attached hydrogen (secondary N) is 2. The summed E-state index contributed by atoms with van der Waals surface area (Å²) in [5, 5.41) is 7.96. The van der Waals surface area contributed by atoms with Crippen molar-refractivity contribution in [1.29, 1.82) is 0 Å². The van der Waals surface area contributed by atoms with E-state index in [0.29, 0.717) is 0 Å². The molecule has 6 heteroatoms. The molecule has 1 fully saturated rings. The van der Waals surface area contributed by atoms with Crippen LogP contribution in [0.2, 0.25) is 0 Å². The van der Waals surface area contributed by atoms with Gasteiger partial charge in [-0.1, -0.05) is 19.1 Å². The third-order valence-electron chi connectivity index (χ3n) is 5.47. The Labute approximate surface area is 173 Å². The van der Waals surface area contributed by atoms with Crippen LogP contribution in [-0.4, -0.2) is 37.6 Å². The highest BCUT2D eigenvalue weighted by Gasteiger charge is 2.15. The molecule has 1 aromatic carbocycles. The fourth-order valence-corrected chi connectivity index (χ4v) is 4.37. The van der Waals surface area contributed by atoms with E-state index in [0.717, 1.165) is 37.1 Å². The van der Waals surface area contributed by atoms with Crippen LogP contribution in [0.3, 0.4) is 0 Å². The van der Waals surface area contributed by atoms with E-state index in [9.17, 15) is 0 Å². The summed E-state index contributed by atoms with van der Waals surface area (Å²) in [7, 11) is 1.81. The molecular formula is C22H33N5S. The second-order valence-corrected chi connectivity index (χ2v) is 8.98. The number of nitrogens with zero attached hydrogens (tertiary/aromatic N) is 3. The molecule has 0 amide bonds. The standard InChI is InChI=1S/C22H33N5S/c1-16-10-13-27(14-11-16)20-7-5-19(6-8-20)15-25-22(23-4)24-12-9-21-26-17(2)18(3)28-21/h5-8,16H,9-15H2,1-4H3,(H2,23,24,25). The molecule has 2 aromatic rings. The first-order chi connectivity index (χ1) is 13.5. The van der Waals surface area contributed by atoms with Crippen LogP contribution in [0.25, 0.3) is 0 Å². The van der Waals surface area contributed by atoms with Crippen LogP contribution in [-0.2, 0) is 13.0 Å². The molecule has 0 bridgehead atoms. The van der Waals surface area contributed by atoms with Gasteiger partial charge in [0, 0.05) is 50.2 Å². The lowest BCUT2D eigenvalue weighted by molar-refractivity contribution is 0.438. The second-order valence-electron chi connectivity index (χ2n) is 7.69. The van der Waals surface area contributed by atoms with E-state index in [1.165, 1.54) is 47.1 Å². The van der Waals surface area contributed by atoms with Gasteiger partial charge in [0.15, 0.2) is 5.96 Å². The molecule has 1 aliphatic rings. The summed E-state index contributed by atoms with van der Waals surface area (Å²) in [6.45, 7) is 10.5. The van der Waals surface area contributed by atoms with Crippen LogP contribution in [0.5, 0.6) is 0 Å².